The van der Waals surface area contributed by atoms with Crippen LogP contribution in [0.2, 0.25) is 0 Å². The lowest BCUT2D eigenvalue weighted by molar-refractivity contribution is -0.137. The largest absolute Gasteiger partial charge is 0.378 e. The third-order valence-corrected chi connectivity index (χ3v) is 5.87. The zero-order chi connectivity index (χ0) is 17.4. The van der Waals surface area contributed by atoms with Gasteiger partial charge in [-0.05, 0) is 39.2 Å². The molecule has 25 heavy (non-hydrogen) atoms. The number of aromatic nitrogens is 2. The lowest BCUT2D eigenvalue weighted by Gasteiger charge is -2.41. The summed E-state index contributed by atoms with van der Waals surface area (Å²) in [7, 11) is 0. The van der Waals surface area contributed by atoms with E-state index in [-0.39, 0.29) is 16.9 Å². The highest BCUT2D eigenvalue weighted by atomic mass is 16.5. The highest BCUT2D eigenvalue weighted by Gasteiger charge is 2.44. The minimum atomic E-state index is -0.0576. The molecule has 2 saturated heterocycles. The normalized spacial score (nSPS) is 26.8. The second-order valence-electron chi connectivity index (χ2n) is 7.57. The number of carbonyl (C=O) groups excluding carboxylic acids is 1. The number of morpholine rings is 1. The van der Waals surface area contributed by atoms with Gasteiger partial charge in [-0.15, -0.1) is 0 Å². The van der Waals surface area contributed by atoms with E-state index in [1.807, 2.05) is 11.8 Å². The Balaban J connectivity index is 1.51. The molecule has 0 bridgehead atoms. The van der Waals surface area contributed by atoms with Gasteiger partial charge in [0.05, 0.1) is 25.5 Å². The molecule has 7 nitrogen and oxygen atoms in total. The highest BCUT2D eigenvalue weighted by molar-refractivity contribution is 5.78. The van der Waals surface area contributed by atoms with Crippen molar-refractivity contribution in [2.45, 2.75) is 38.0 Å². The predicted molar refractivity (Wildman–Crippen MR) is 92.7 cm³/mol. The summed E-state index contributed by atoms with van der Waals surface area (Å²) in [5.41, 5.74) is 1.79. The molecule has 1 N–H and O–H groups in total. The molecule has 136 valence electrons. The Kier molecular flexibility index (Phi) is 4.37. The summed E-state index contributed by atoms with van der Waals surface area (Å²) in [4.78, 5) is 36.5. The molecular formula is C18H26N4O3. The molecule has 4 rings (SSSR count). The minimum absolute atomic E-state index is 0.0147. The molecule has 1 aromatic heterocycles. The van der Waals surface area contributed by atoms with Gasteiger partial charge in [0.15, 0.2) is 0 Å². The van der Waals surface area contributed by atoms with Crippen molar-refractivity contribution in [3.63, 3.8) is 0 Å². The van der Waals surface area contributed by atoms with E-state index < -0.39 is 0 Å². The summed E-state index contributed by atoms with van der Waals surface area (Å²) in [6.45, 7) is 6.72. The maximum Gasteiger partial charge on any atom is 0.254 e. The van der Waals surface area contributed by atoms with Crippen LogP contribution >= 0.6 is 0 Å². The van der Waals surface area contributed by atoms with Gasteiger partial charge in [-0.25, -0.2) is 4.98 Å². The van der Waals surface area contributed by atoms with E-state index in [1.54, 1.807) is 0 Å². The van der Waals surface area contributed by atoms with E-state index in [2.05, 4.69) is 9.88 Å². The van der Waals surface area contributed by atoms with Gasteiger partial charge in [-0.2, -0.15) is 0 Å². The van der Waals surface area contributed by atoms with Gasteiger partial charge in [0.2, 0.25) is 5.91 Å². The zero-order valence-corrected chi connectivity index (χ0v) is 14.8. The number of nitrogens with zero attached hydrogens (tertiary/aromatic N) is 3. The van der Waals surface area contributed by atoms with Crippen molar-refractivity contribution in [1.82, 2.24) is 19.8 Å². The zero-order valence-electron chi connectivity index (χ0n) is 14.8. The summed E-state index contributed by atoms with van der Waals surface area (Å²) < 4.78 is 5.33. The van der Waals surface area contributed by atoms with Crippen molar-refractivity contribution < 1.29 is 9.53 Å². The number of hydrogen-bond acceptors (Lipinski definition) is 5. The molecular weight excluding hydrogens is 320 g/mol. The van der Waals surface area contributed by atoms with Crippen molar-refractivity contribution >= 4 is 5.91 Å². The van der Waals surface area contributed by atoms with Crippen molar-refractivity contribution in [1.29, 1.82) is 0 Å². The number of H-pyrrole nitrogens is 1. The number of nitrogens with one attached hydrogen (secondary N) is 1. The van der Waals surface area contributed by atoms with Gasteiger partial charge in [-0.3, -0.25) is 14.5 Å². The van der Waals surface area contributed by atoms with E-state index in [0.717, 1.165) is 50.0 Å². The third-order valence-electron chi connectivity index (χ3n) is 5.87. The number of fused-ring (bicyclic) bond motifs is 2. The van der Waals surface area contributed by atoms with Crippen LogP contribution in [0, 0.1) is 6.92 Å². The Morgan fingerprint density at radius 1 is 1.28 bits per heavy atom. The van der Waals surface area contributed by atoms with Gasteiger partial charge >= 0.3 is 0 Å². The van der Waals surface area contributed by atoms with Crippen LogP contribution in [-0.2, 0) is 21.4 Å². The molecule has 1 spiro atoms. The Morgan fingerprint density at radius 2 is 2.08 bits per heavy atom. The molecule has 1 aliphatic carbocycles. The van der Waals surface area contributed by atoms with E-state index in [0.29, 0.717) is 38.7 Å². The summed E-state index contributed by atoms with van der Waals surface area (Å²) in [6.07, 6.45) is 3.86. The maximum absolute atomic E-state index is 12.6. The smallest absolute Gasteiger partial charge is 0.254 e. The first-order chi connectivity index (χ1) is 12.1. The number of amides is 1. The number of aryl methyl sites for hydroxylation is 1. The van der Waals surface area contributed by atoms with E-state index in [9.17, 15) is 9.59 Å². The molecule has 7 heteroatoms. The van der Waals surface area contributed by atoms with Crippen molar-refractivity contribution in [3.05, 3.63) is 27.4 Å². The molecule has 2 fully saturated rings. The Bertz CT molecular complexity index is 726. The van der Waals surface area contributed by atoms with Gasteiger partial charge in [0, 0.05) is 30.6 Å². The first-order valence-corrected chi connectivity index (χ1v) is 9.26. The number of likely N-dealkylation sites (tertiary alicyclic amines) is 1. The van der Waals surface area contributed by atoms with E-state index in [4.69, 9.17) is 9.72 Å². The predicted octanol–water partition coefficient (Wildman–Crippen LogP) is 0.217. The van der Waals surface area contributed by atoms with Crippen molar-refractivity contribution in [2.24, 2.45) is 0 Å². The summed E-state index contributed by atoms with van der Waals surface area (Å²) >= 11 is 0. The van der Waals surface area contributed by atoms with Gasteiger partial charge < -0.3 is 14.6 Å². The number of ether oxygens (including phenoxy) is 1. The molecule has 0 saturated carbocycles. The quantitative estimate of drug-likeness (QED) is 0.829. The van der Waals surface area contributed by atoms with Crippen LogP contribution in [0.4, 0.5) is 0 Å². The number of piperidine rings is 1. The molecule has 3 aliphatic rings. The fourth-order valence-electron chi connectivity index (χ4n) is 4.63. The number of carbonyl (C=O) groups is 1. The minimum Gasteiger partial charge on any atom is -0.378 e. The molecule has 0 aromatic carbocycles. The van der Waals surface area contributed by atoms with Crippen molar-refractivity contribution in [3.8, 4) is 0 Å². The molecule has 1 unspecified atom stereocenters. The molecule has 3 heterocycles. The first-order valence-electron chi connectivity index (χ1n) is 9.26. The highest BCUT2D eigenvalue weighted by Crippen LogP contribution is 2.42. The molecule has 1 atom stereocenters. The second-order valence-corrected chi connectivity index (χ2v) is 7.57. The summed E-state index contributed by atoms with van der Waals surface area (Å²) in [6, 6.07) is 0. The van der Waals surface area contributed by atoms with E-state index in [1.165, 1.54) is 0 Å². The van der Waals surface area contributed by atoms with Crippen LogP contribution in [0.3, 0.4) is 0 Å². The monoisotopic (exact) mass is 346 g/mol. The van der Waals surface area contributed by atoms with Crippen LogP contribution in [0.25, 0.3) is 0 Å². The fourth-order valence-corrected chi connectivity index (χ4v) is 4.63. The van der Waals surface area contributed by atoms with Crippen LogP contribution in [-0.4, -0.2) is 71.6 Å². The maximum atomic E-state index is 12.6. The van der Waals surface area contributed by atoms with Crippen LogP contribution < -0.4 is 5.56 Å². The Labute approximate surface area is 147 Å². The first kappa shape index (κ1) is 16.7. The van der Waals surface area contributed by atoms with Gasteiger partial charge in [0.1, 0.15) is 5.82 Å². The van der Waals surface area contributed by atoms with E-state index >= 15 is 0 Å². The van der Waals surface area contributed by atoms with Gasteiger partial charge in [0.25, 0.3) is 5.56 Å². The van der Waals surface area contributed by atoms with Gasteiger partial charge in [-0.1, -0.05) is 0 Å². The van der Waals surface area contributed by atoms with Crippen LogP contribution in [0.5, 0.6) is 0 Å². The molecule has 1 amide bonds. The second kappa shape index (κ2) is 6.53. The van der Waals surface area contributed by atoms with Crippen LogP contribution in [0.15, 0.2) is 4.79 Å². The standard InChI is InChI=1S/C18H26N4O3/c1-13-19-16-14(17(24)20-13)3-5-18(16)4-2-6-21(12-18)11-15(23)22-7-9-25-10-8-22/h2-12H2,1H3,(H,19,20,24). The average Bonchev–Trinajstić information content (AvgIpc) is 2.94. The molecule has 0 radical (unpaired) electrons. The number of hydrogen-bond donors (Lipinski definition) is 1. The number of aromatic amines is 1. The third kappa shape index (κ3) is 3.11. The Morgan fingerprint density at radius 3 is 2.88 bits per heavy atom. The Hall–Kier alpha value is -1.73. The fraction of sp³-hybridized carbons (Fsp3) is 0.722. The SMILES string of the molecule is Cc1nc2c(c(=O)[nH]1)CCC21CCCN(CC(=O)N2CCOCC2)C1. The molecule has 1 aromatic rings. The summed E-state index contributed by atoms with van der Waals surface area (Å²) in [5, 5.41) is 0. The topological polar surface area (TPSA) is 78.5 Å². The van der Waals surface area contributed by atoms with Crippen LogP contribution in [0.1, 0.15) is 36.3 Å². The lowest BCUT2D eigenvalue weighted by atomic mass is 9.77. The average molecular weight is 346 g/mol. The summed E-state index contributed by atoms with van der Waals surface area (Å²) in [5.74, 6) is 0.875. The lowest BCUT2D eigenvalue weighted by Crippen LogP contribution is -2.51. The van der Waals surface area contributed by atoms with Crippen molar-refractivity contribution in [2.75, 3.05) is 45.9 Å². The number of rotatable bonds is 2. The molecule has 2 aliphatic heterocycles.